The summed E-state index contributed by atoms with van der Waals surface area (Å²) in [6.45, 7) is -0.306. The summed E-state index contributed by atoms with van der Waals surface area (Å²) in [5.41, 5.74) is 3.91. The minimum Gasteiger partial charge on any atom is -0.457 e. The highest BCUT2D eigenvalue weighted by Gasteiger charge is 2.34. The minimum absolute atomic E-state index is 0.0410. The molecule has 0 saturated heterocycles. The van der Waals surface area contributed by atoms with Crippen LogP contribution in [0.1, 0.15) is 47.1 Å². The van der Waals surface area contributed by atoms with E-state index in [4.69, 9.17) is 9.47 Å². The van der Waals surface area contributed by atoms with Gasteiger partial charge < -0.3 is 14.8 Å². The summed E-state index contributed by atoms with van der Waals surface area (Å²) < 4.78 is 11.4. The maximum atomic E-state index is 13.1. The predicted molar refractivity (Wildman–Crippen MR) is 116 cm³/mol. The third-order valence-corrected chi connectivity index (χ3v) is 5.97. The minimum atomic E-state index is -0.621. The van der Waals surface area contributed by atoms with Gasteiger partial charge >= 0.3 is 5.97 Å². The van der Waals surface area contributed by atoms with Gasteiger partial charge in [-0.3, -0.25) is 9.59 Å². The topological polar surface area (TPSA) is 64.6 Å². The molecular weight excluding hydrogens is 390 g/mol. The molecular formula is C26H23NO4. The zero-order chi connectivity index (χ0) is 21.2. The fourth-order valence-electron chi connectivity index (χ4n) is 4.52. The van der Waals surface area contributed by atoms with E-state index in [1.165, 1.54) is 5.56 Å². The fourth-order valence-corrected chi connectivity index (χ4v) is 4.52. The fraction of sp³-hybridized carbons (Fsp3) is 0.231. The van der Waals surface area contributed by atoms with Crippen LogP contribution >= 0.6 is 0 Å². The van der Waals surface area contributed by atoms with Crippen LogP contribution in [0.25, 0.3) is 0 Å². The van der Waals surface area contributed by atoms with Crippen molar-refractivity contribution in [3.63, 3.8) is 0 Å². The molecule has 5 heteroatoms. The van der Waals surface area contributed by atoms with Gasteiger partial charge in [0.2, 0.25) is 0 Å². The number of carbonyl (C=O) groups excluding carboxylic acids is 2. The predicted octanol–water partition coefficient (Wildman–Crippen LogP) is 4.66. The van der Waals surface area contributed by atoms with E-state index < -0.39 is 11.9 Å². The smallest absolute Gasteiger partial charge is 0.318 e. The Morgan fingerprint density at radius 2 is 1.48 bits per heavy atom. The molecule has 5 rings (SSSR count). The second-order valence-electron chi connectivity index (χ2n) is 7.93. The molecule has 5 nitrogen and oxygen atoms in total. The van der Waals surface area contributed by atoms with Gasteiger partial charge in [-0.25, -0.2) is 0 Å². The molecule has 1 amide bonds. The number of amides is 1. The molecule has 1 aliphatic carbocycles. The van der Waals surface area contributed by atoms with Crippen molar-refractivity contribution >= 4 is 11.9 Å². The van der Waals surface area contributed by atoms with Crippen molar-refractivity contribution in [2.45, 2.75) is 31.2 Å². The van der Waals surface area contributed by atoms with Crippen molar-refractivity contribution in [3.05, 3.63) is 95.1 Å². The summed E-state index contributed by atoms with van der Waals surface area (Å²) >= 11 is 0. The average molecular weight is 413 g/mol. The highest BCUT2D eigenvalue weighted by molar-refractivity contribution is 5.88. The maximum absolute atomic E-state index is 13.1. The SMILES string of the molecule is O=C(COC(=O)C1c2ccccc2Oc2ccccc21)NC1CCCc2ccccc21. The first-order valence-corrected chi connectivity index (χ1v) is 10.6. The quantitative estimate of drug-likeness (QED) is 0.632. The van der Waals surface area contributed by atoms with E-state index in [-0.39, 0.29) is 18.6 Å². The molecule has 1 unspecified atom stereocenters. The van der Waals surface area contributed by atoms with E-state index in [1.807, 2.05) is 60.7 Å². The molecule has 0 saturated carbocycles. The summed E-state index contributed by atoms with van der Waals surface area (Å²) in [6, 6.07) is 23.0. The molecule has 2 aliphatic rings. The molecule has 3 aromatic carbocycles. The van der Waals surface area contributed by atoms with E-state index in [2.05, 4.69) is 17.4 Å². The van der Waals surface area contributed by atoms with Crippen LogP contribution in [0.2, 0.25) is 0 Å². The molecule has 0 bridgehead atoms. The van der Waals surface area contributed by atoms with Gasteiger partial charge in [0.25, 0.3) is 5.91 Å². The number of nitrogens with one attached hydrogen (secondary N) is 1. The van der Waals surface area contributed by atoms with Gasteiger partial charge in [0.15, 0.2) is 6.61 Å². The zero-order valence-electron chi connectivity index (χ0n) is 17.0. The third kappa shape index (κ3) is 3.79. The normalized spacial score (nSPS) is 16.8. The number of hydrogen-bond donors (Lipinski definition) is 1. The van der Waals surface area contributed by atoms with E-state index in [0.717, 1.165) is 36.0 Å². The molecule has 0 radical (unpaired) electrons. The zero-order valence-corrected chi connectivity index (χ0v) is 17.0. The van der Waals surface area contributed by atoms with Crippen LogP contribution in [0.3, 0.4) is 0 Å². The largest absolute Gasteiger partial charge is 0.457 e. The molecule has 0 aromatic heterocycles. The van der Waals surface area contributed by atoms with Crippen LogP contribution in [0.15, 0.2) is 72.8 Å². The van der Waals surface area contributed by atoms with Crippen LogP contribution in [0.5, 0.6) is 11.5 Å². The lowest BCUT2D eigenvalue weighted by Crippen LogP contribution is -2.35. The molecule has 0 spiro atoms. The van der Waals surface area contributed by atoms with Gasteiger partial charge in [-0.05, 0) is 42.5 Å². The van der Waals surface area contributed by atoms with E-state index >= 15 is 0 Å². The number of hydrogen-bond acceptors (Lipinski definition) is 4. The second-order valence-corrected chi connectivity index (χ2v) is 7.93. The van der Waals surface area contributed by atoms with Crippen molar-refractivity contribution in [1.29, 1.82) is 0 Å². The Balaban J connectivity index is 1.29. The van der Waals surface area contributed by atoms with Crippen LogP contribution in [-0.2, 0) is 20.7 Å². The van der Waals surface area contributed by atoms with Crippen molar-refractivity contribution in [3.8, 4) is 11.5 Å². The number of ether oxygens (including phenoxy) is 2. The number of benzene rings is 3. The first-order valence-electron chi connectivity index (χ1n) is 10.6. The lowest BCUT2D eigenvalue weighted by molar-refractivity contribution is -0.149. The molecule has 156 valence electrons. The first kappa shape index (κ1) is 19.4. The number of esters is 1. The molecule has 1 atom stereocenters. The van der Waals surface area contributed by atoms with Gasteiger partial charge in [0, 0.05) is 11.1 Å². The first-order chi connectivity index (χ1) is 15.2. The Morgan fingerprint density at radius 1 is 0.871 bits per heavy atom. The summed E-state index contributed by atoms with van der Waals surface area (Å²) in [5, 5.41) is 3.03. The summed E-state index contributed by atoms with van der Waals surface area (Å²) in [4.78, 5) is 25.6. The highest BCUT2D eigenvalue weighted by atomic mass is 16.5. The van der Waals surface area contributed by atoms with Gasteiger partial charge in [-0.2, -0.15) is 0 Å². The molecule has 1 aliphatic heterocycles. The average Bonchev–Trinajstić information content (AvgIpc) is 2.81. The lowest BCUT2D eigenvalue weighted by Gasteiger charge is -2.27. The Kier molecular flexibility index (Phi) is 5.16. The van der Waals surface area contributed by atoms with Gasteiger partial charge in [0.05, 0.1) is 6.04 Å². The Hall–Kier alpha value is -3.60. The lowest BCUT2D eigenvalue weighted by atomic mass is 9.88. The van der Waals surface area contributed by atoms with Crippen LogP contribution in [0.4, 0.5) is 0 Å². The highest BCUT2D eigenvalue weighted by Crippen LogP contribution is 2.44. The Labute approximate surface area is 181 Å². The summed E-state index contributed by atoms with van der Waals surface area (Å²) in [7, 11) is 0. The summed E-state index contributed by atoms with van der Waals surface area (Å²) in [5.74, 6) is -0.103. The van der Waals surface area contributed by atoms with E-state index in [0.29, 0.717) is 11.5 Å². The standard InChI is InChI=1S/C26H23NO4/c28-24(27-21-13-7-9-17-8-1-2-10-18(17)21)16-30-26(29)25-19-11-3-5-14-22(19)31-23-15-6-4-12-20(23)25/h1-6,8,10-12,14-15,21,25H,7,9,13,16H2,(H,27,28). The number of para-hydroxylation sites is 2. The molecule has 3 aromatic rings. The Morgan fingerprint density at radius 3 is 2.19 bits per heavy atom. The van der Waals surface area contributed by atoms with Crippen LogP contribution in [0, 0.1) is 0 Å². The van der Waals surface area contributed by atoms with Crippen molar-refractivity contribution < 1.29 is 19.1 Å². The van der Waals surface area contributed by atoms with Gasteiger partial charge in [-0.1, -0.05) is 60.7 Å². The molecule has 1 heterocycles. The second kappa shape index (κ2) is 8.26. The third-order valence-electron chi connectivity index (χ3n) is 5.97. The van der Waals surface area contributed by atoms with Crippen molar-refractivity contribution in [1.82, 2.24) is 5.32 Å². The number of carbonyl (C=O) groups is 2. The number of fused-ring (bicyclic) bond motifs is 3. The molecule has 0 fully saturated rings. The van der Waals surface area contributed by atoms with E-state index in [9.17, 15) is 9.59 Å². The van der Waals surface area contributed by atoms with Gasteiger partial charge in [0.1, 0.15) is 17.4 Å². The molecule has 31 heavy (non-hydrogen) atoms. The Bertz CT molecular complexity index is 1090. The van der Waals surface area contributed by atoms with Crippen LogP contribution in [-0.4, -0.2) is 18.5 Å². The van der Waals surface area contributed by atoms with Crippen molar-refractivity contribution in [2.24, 2.45) is 0 Å². The van der Waals surface area contributed by atoms with Crippen molar-refractivity contribution in [2.75, 3.05) is 6.61 Å². The maximum Gasteiger partial charge on any atom is 0.318 e. The number of aryl methyl sites for hydroxylation is 1. The van der Waals surface area contributed by atoms with Gasteiger partial charge in [-0.15, -0.1) is 0 Å². The van der Waals surface area contributed by atoms with E-state index in [1.54, 1.807) is 0 Å². The molecule has 1 N–H and O–H groups in total. The summed E-state index contributed by atoms with van der Waals surface area (Å²) in [6.07, 6.45) is 2.94. The monoisotopic (exact) mass is 413 g/mol. The van der Waals surface area contributed by atoms with Crippen LogP contribution < -0.4 is 10.1 Å². The number of rotatable bonds is 4.